The first-order valence-corrected chi connectivity index (χ1v) is 4.15. The van der Waals surface area contributed by atoms with Crippen LogP contribution in [0.4, 0.5) is 5.88 Å². The Kier molecular flexibility index (Phi) is 3.27. The molecule has 1 amide bonds. The first-order valence-electron chi connectivity index (χ1n) is 4.15. The van der Waals surface area contributed by atoms with Gasteiger partial charge in [-0.3, -0.25) is 4.79 Å². The number of hydrogen-bond donors (Lipinski definition) is 2. The van der Waals surface area contributed by atoms with E-state index in [1.807, 2.05) is 0 Å². The Labute approximate surface area is 85.5 Å². The van der Waals surface area contributed by atoms with Crippen LogP contribution < -0.4 is 11.1 Å². The van der Waals surface area contributed by atoms with Gasteiger partial charge in [-0.15, -0.1) is 0 Å². The lowest BCUT2D eigenvalue weighted by Crippen LogP contribution is -2.25. The van der Waals surface area contributed by atoms with Crippen LogP contribution in [0.25, 0.3) is 0 Å². The number of nitrogens with two attached hydrogens (primary N) is 1. The number of esters is 1. The molecule has 0 radical (unpaired) electrons. The van der Waals surface area contributed by atoms with Gasteiger partial charge < -0.3 is 20.3 Å². The molecule has 0 spiro atoms. The van der Waals surface area contributed by atoms with Crippen LogP contribution in [0.15, 0.2) is 4.52 Å². The van der Waals surface area contributed by atoms with Crippen molar-refractivity contribution in [3.8, 4) is 0 Å². The Bertz CT molecular complexity index is 366. The van der Waals surface area contributed by atoms with Gasteiger partial charge in [0.05, 0.1) is 5.69 Å². The molecule has 0 unspecified atom stereocenters. The first kappa shape index (κ1) is 11.0. The number of aryl methyl sites for hydroxylation is 1. The van der Waals surface area contributed by atoms with Crippen molar-refractivity contribution >= 4 is 17.8 Å². The largest absolute Gasteiger partial charge is 0.452 e. The first-order chi connectivity index (χ1) is 7.06. The zero-order valence-electron chi connectivity index (χ0n) is 8.36. The SMILES string of the molecule is CNC(=O)COC(=O)c1c(C)noc1N. The van der Waals surface area contributed by atoms with Crippen LogP contribution in [0.1, 0.15) is 16.1 Å². The second-order valence-corrected chi connectivity index (χ2v) is 2.76. The van der Waals surface area contributed by atoms with Crippen molar-refractivity contribution in [1.29, 1.82) is 0 Å². The Morgan fingerprint density at radius 2 is 2.27 bits per heavy atom. The molecule has 0 bridgehead atoms. The third kappa shape index (κ3) is 2.46. The maximum absolute atomic E-state index is 11.4. The Morgan fingerprint density at radius 1 is 1.60 bits per heavy atom. The van der Waals surface area contributed by atoms with Crippen molar-refractivity contribution in [3.63, 3.8) is 0 Å². The number of likely N-dealkylation sites (N-methyl/N-ethyl adjacent to an activating group) is 1. The van der Waals surface area contributed by atoms with Gasteiger partial charge in [-0.2, -0.15) is 0 Å². The van der Waals surface area contributed by atoms with Gasteiger partial charge in [0.2, 0.25) is 5.88 Å². The minimum absolute atomic E-state index is 0.0545. The van der Waals surface area contributed by atoms with Gasteiger partial charge in [-0.25, -0.2) is 4.79 Å². The number of anilines is 1. The van der Waals surface area contributed by atoms with Crippen LogP contribution in [0, 0.1) is 6.92 Å². The number of carbonyl (C=O) groups is 2. The highest BCUT2D eigenvalue weighted by Crippen LogP contribution is 2.16. The summed E-state index contributed by atoms with van der Waals surface area (Å²) in [6.45, 7) is 1.19. The second-order valence-electron chi connectivity index (χ2n) is 2.76. The minimum atomic E-state index is -0.727. The zero-order valence-corrected chi connectivity index (χ0v) is 8.36. The number of ether oxygens (including phenoxy) is 1. The van der Waals surface area contributed by atoms with E-state index in [4.69, 9.17) is 5.73 Å². The van der Waals surface area contributed by atoms with Gasteiger partial charge >= 0.3 is 5.97 Å². The van der Waals surface area contributed by atoms with Crippen molar-refractivity contribution in [2.24, 2.45) is 0 Å². The number of nitrogens with one attached hydrogen (secondary N) is 1. The predicted molar refractivity (Wildman–Crippen MR) is 50.0 cm³/mol. The fraction of sp³-hybridized carbons (Fsp3) is 0.375. The van der Waals surface area contributed by atoms with Crippen LogP contribution in [-0.2, 0) is 9.53 Å². The van der Waals surface area contributed by atoms with E-state index in [1.54, 1.807) is 6.92 Å². The fourth-order valence-electron chi connectivity index (χ4n) is 0.911. The third-order valence-corrected chi connectivity index (χ3v) is 1.71. The lowest BCUT2D eigenvalue weighted by atomic mass is 10.2. The highest BCUT2D eigenvalue weighted by atomic mass is 16.5. The monoisotopic (exact) mass is 213 g/mol. The molecule has 0 aliphatic heterocycles. The molecule has 7 heteroatoms. The summed E-state index contributed by atoms with van der Waals surface area (Å²) in [6.07, 6.45) is 0. The summed E-state index contributed by atoms with van der Waals surface area (Å²) in [5, 5.41) is 5.79. The number of carbonyl (C=O) groups excluding carboxylic acids is 2. The third-order valence-electron chi connectivity index (χ3n) is 1.71. The fourth-order valence-corrected chi connectivity index (χ4v) is 0.911. The summed E-state index contributed by atoms with van der Waals surface area (Å²) in [6, 6.07) is 0. The van der Waals surface area contributed by atoms with E-state index in [9.17, 15) is 9.59 Å². The van der Waals surface area contributed by atoms with Gasteiger partial charge in [-0.1, -0.05) is 5.16 Å². The molecular formula is C8H11N3O4. The van der Waals surface area contributed by atoms with Gasteiger partial charge in [0.25, 0.3) is 5.91 Å². The lowest BCUT2D eigenvalue weighted by molar-refractivity contribution is -0.123. The van der Waals surface area contributed by atoms with E-state index in [2.05, 4.69) is 19.7 Å². The number of nitrogen functional groups attached to an aromatic ring is 1. The smallest absolute Gasteiger partial charge is 0.346 e. The number of aromatic nitrogens is 1. The van der Waals surface area contributed by atoms with Crippen molar-refractivity contribution in [2.75, 3.05) is 19.4 Å². The highest BCUT2D eigenvalue weighted by molar-refractivity contribution is 5.96. The lowest BCUT2D eigenvalue weighted by Gasteiger charge is -2.02. The number of nitrogens with zero attached hydrogens (tertiary/aromatic N) is 1. The summed E-state index contributed by atoms with van der Waals surface area (Å²) in [7, 11) is 1.44. The summed E-state index contributed by atoms with van der Waals surface area (Å²) < 4.78 is 9.25. The topological polar surface area (TPSA) is 107 Å². The van der Waals surface area contributed by atoms with E-state index in [0.29, 0.717) is 5.69 Å². The standard InChI is InChI=1S/C8H11N3O4/c1-4-6(7(9)15-11-4)8(13)14-3-5(12)10-2/h3,9H2,1-2H3,(H,10,12). The Morgan fingerprint density at radius 3 is 2.73 bits per heavy atom. The Hall–Kier alpha value is -2.05. The maximum atomic E-state index is 11.4. The van der Waals surface area contributed by atoms with Crippen LogP contribution in [0.5, 0.6) is 0 Å². The molecular weight excluding hydrogens is 202 g/mol. The molecule has 15 heavy (non-hydrogen) atoms. The van der Waals surface area contributed by atoms with E-state index >= 15 is 0 Å². The quantitative estimate of drug-likeness (QED) is 0.653. The van der Waals surface area contributed by atoms with Crippen molar-refractivity contribution in [3.05, 3.63) is 11.3 Å². The van der Waals surface area contributed by atoms with E-state index < -0.39 is 11.9 Å². The number of rotatable bonds is 3. The Balaban J connectivity index is 2.66. The molecule has 0 saturated carbocycles. The summed E-state index contributed by atoms with van der Waals surface area (Å²) >= 11 is 0. The van der Waals surface area contributed by atoms with Gasteiger partial charge in [-0.05, 0) is 6.92 Å². The zero-order chi connectivity index (χ0) is 11.4. The number of amides is 1. The molecule has 1 aromatic heterocycles. The molecule has 1 heterocycles. The van der Waals surface area contributed by atoms with Gasteiger partial charge in [0.1, 0.15) is 5.56 Å². The predicted octanol–water partition coefficient (Wildman–Crippen LogP) is -0.532. The summed E-state index contributed by atoms with van der Waals surface area (Å²) in [5.74, 6) is -1.25. The minimum Gasteiger partial charge on any atom is -0.452 e. The van der Waals surface area contributed by atoms with E-state index in [-0.39, 0.29) is 18.1 Å². The molecule has 1 aromatic rings. The highest BCUT2D eigenvalue weighted by Gasteiger charge is 2.20. The molecule has 0 atom stereocenters. The van der Waals surface area contributed by atoms with Crippen molar-refractivity contribution in [2.45, 2.75) is 6.92 Å². The average Bonchev–Trinajstić information content (AvgIpc) is 2.54. The molecule has 1 rings (SSSR count). The maximum Gasteiger partial charge on any atom is 0.346 e. The molecule has 0 aromatic carbocycles. The van der Waals surface area contributed by atoms with E-state index in [0.717, 1.165) is 0 Å². The van der Waals surface area contributed by atoms with E-state index in [1.165, 1.54) is 7.05 Å². The van der Waals surface area contributed by atoms with Crippen molar-refractivity contribution in [1.82, 2.24) is 10.5 Å². The van der Waals surface area contributed by atoms with Gasteiger partial charge in [0, 0.05) is 7.05 Å². The normalized spacial score (nSPS) is 9.73. The summed E-state index contributed by atoms with van der Waals surface area (Å²) in [4.78, 5) is 22.2. The number of hydrogen-bond acceptors (Lipinski definition) is 6. The summed E-state index contributed by atoms with van der Waals surface area (Å²) in [5.41, 5.74) is 5.73. The van der Waals surface area contributed by atoms with Crippen LogP contribution >= 0.6 is 0 Å². The molecule has 3 N–H and O–H groups in total. The van der Waals surface area contributed by atoms with Gasteiger partial charge in [0.15, 0.2) is 6.61 Å². The second kappa shape index (κ2) is 4.45. The molecule has 0 fully saturated rings. The van der Waals surface area contributed by atoms with Crippen molar-refractivity contribution < 1.29 is 18.8 Å². The molecule has 0 aliphatic carbocycles. The average molecular weight is 213 g/mol. The molecule has 0 aliphatic rings. The van der Waals surface area contributed by atoms with Crippen LogP contribution in [0.2, 0.25) is 0 Å². The molecule has 0 saturated heterocycles. The molecule has 7 nitrogen and oxygen atoms in total. The van der Waals surface area contributed by atoms with Crippen LogP contribution in [0.3, 0.4) is 0 Å². The molecule has 82 valence electrons. The van der Waals surface area contributed by atoms with Crippen LogP contribution in [-0.4, -0.2) is 30.7 Å².